The van der Waals surface area contributed by atoms with E-state index in [9.17, 15) is 8.42 Å². The van der Waals surface area contributed by atoms with Crippen LogP contribution in [0.1, 0.15) is 12.5 Å². The van der Waals surface area contributed by atoms with Gasteiger partial charge in [0.25, 0.3) is 0 Å². The topological polar surface area (TPSA) is 37.4 Å². The van der Waals surface area contributed by atoms with E-state index < -0.39 is 10.0 Å². The van der Waals surface area contributed by atoms with Crippen molar-refractivity contribution in [3.63, 3.8) is 0 Å². The van der Waals surface area contributed by atoms with Crippen LogP contribution in [-0.2, 0) is 16.6 Å². The molecule has 0 spiro atoms. The molecule has 0 N–H and O–H groups in total. The molecule has 0 saturated carbocycles. The van der Waals surface area contributed by atoms with Gasteiger partial charge >= 0.3 is 0 Å². The second-order valence-electron chi connectivity index (χ2n) is 3.40. The van der Waals surface area contributed by atoms with Gasteiger partial charge < -0.3 is 0 Å². The van der Waals surface area contributed by atoms with Crippen LogP contribution >= 0.6 is 23.2 Å². The lowest BCUT2D eigenvalue weighted by Gasteiger charge is -2.18. The van der Waals surface area contributed by atoms with Crippen LogP contribution in [0.25, 0.3) is 0 Å². The predicted molar refractivity (Wildman–Crippen MR) is 67.4 cm³/mol. The Kier molecular flexibility index (Phi) is 4.62. The third-order valence-electron chi connectivity index (χ3n) is 2.20. The molecule has 0 aliphatic rings. The minimum Gasteiger partial charge on any atom is -0.212 e. The van der Waals surface area contributed by atoms with Crippen molar-refractivity contribution in [2.45, 2.75) is 13.5 Å². The monoisotopic (exact) mass is 281 g/mol. The molecule has 1 aromatic carbocycles. The number of rotatable bonds is 4. The van der Waals surface area contributed by atoms with Crippen LogP contribution in [0.4, 0.5) is 0 Å². The summed E-state index contributed by atoms with van der Waals surface area (Å²) in [5, 5.41) is 0.843. The van der Waals surface area contributed by atoms with E-state index in [4.69, 9.17) is 23.2 Å². The summed E-state index contributed by atoms with van der Waals surface area (Å²) in [5.41, 5.74) is 0.710. The van der Waals surface area contributed by atoms with Gasteiger partial charge in [0.15, 0.2) is 0 Å². The minimum absolute atomic E-state index is 0.245. The predicted octanol–water partition coefficient (Wildman–Crippen LogP) is 2.77. The first-order valence-electron chi connectivity index (χ1n) is 4.74. The Balaban J connectivity index is 3.00. The first-order valence-corrected chi connectivity index (χ1v) is 7.34. The highest BCUT2D eigenvalue weighted by atomic mass is 35.5. The summed E-state index contributed by atoms with van der Waals surface area (Å²) < 4.78 is 24.2. The van der Waals surface area contributed by atoms with E-state index in [1.807, 2.05) is 0 Å². The maximum atomic E-state index is 11.4. The quantitative estimate of drug-likeness (QED) is 0.851. The molecule has 0 bridgehead atoms. The SMILES string of the molecule is CCN(Cc1cccc(Cl)c1Cl)S(C)(=O)=O. The van der Waals surface area contributed by atoms with Crippen molar-refractivity contribution < 1.29 is 8.42 Å². The van der Waals surface area contributed by atoms with Crippen LogP contribution in [0.5, 0.6) is 0 Å². The third kappa shape index (κ3) is 3.35. The van der Waals surface area contributed by atoms with Crippen LogP contribution in [0.2, 0.25) is 10.0 Å². The van der Waals surface area contributed by atoms with Crippen LogP contribution in [-0.4, -0.2) is 25.5 Å². The molecule has 6 heteroatoms. The highest BCUT2D eigenvalue weighted by Crippen LogP contribution is 2.26. The lowest BCUT2D eigenvalue weighted by atomic mass is 10.2. The summed E-state index contributed by atoms with van der Waals surface area (Å²) in [6.07, 6.45) is 1.18. The van der Waals surface area contributed by atoms with E-state index in [1.165, 1.54) is 10.6 Å². The molecule has 1 aromatic rings. The van der Waals surface area contributed by atoms with Gasteiger partial charge in [-0.25, -0.2) is 8.42 Å². The van der Waals surface area contributed by atoms with Gasteiger partial charge in [-0.15, -0.1) is 0 Å². The number of hydrogen-bond acceptors (Lipinski definition) is 2. The second-order valence-corrected chi connectivity index (χ2v) is 6.17. The van der Waals surface area contributed by atoms with E-state index in [2.05, 4.69) is 0 Å². The van der Waals surface area contributed by atoms with Gasteiger partial charge in [-0.2, -0.15) is 4.31 Å². The van der Waals surface area contributed by atoms with Crippen molar-refractivity contribution in [1.29, 1.82) is 0 Å². The highest BCUT2D eigenvalue weighted by molar-refractivity contribution is 7.88. The summed E-state index contributed by atoms with van der Waals surface area (Å²) in [4.78, 5) is 0. The summed E-state index contributed by atoms with van der Waals surface area (Å²) in [6, 6.07) is 5.19. The normalized spacial score (nSPS) is 12.1. The molecule has 0 aromatic heterocycles. The first kappa shape index (κ1) is 13.8. The smallest absolute Gasteiger partial charge is 0.211 e. The van der Waals surface area contributed by atoms with Crippen LogP contribution in [0.15, 0.2) is 18.2 Å². The Morgan fingerprint density at radius 3 is 2.44 bits per heavy atom. The Hall–Kier alpha value is -0.290. The maximum Gasteiger partial charge on any atom is 0.211 e. The fourth-order valence-corrected chi connectivity index (χ4v) is 2.55. The summed E-state index contributed by atoms with van der Waals surface area (Å²) in [6.45, 7) is 2.43. The van der Waals surface area contributed by atoms with Crippen molar-refractivity contribution in [1.82, 2.24) is 4.31 Å². The van der Waals surface area contributed by atoms with E-state index >= 15 is 0 Å². The van der Waals surface area contributed by atoms with Gasteiger partial charge in [0.05, 0.1) is 16.3 Å². The zero-order valence-corrected chi connectivity index (χ0v) is 11.4. The number of nitrogens with zero attached hydrogens (tertiary/aromatic N) is 1. The average molecular weight is 282 g/mol. The molecule has 3 nitrogen and oxygen atoms in total. The fourth-order valence-electron chi connectivity index (χ4n) is 1.32. The van der Waals surface area contributed by atoms with Crippen LogP contribution in [0, 0.1) is 0 Å². The first-order chi connectivity index (χ1) is 7.36. The number of benzene rings is 1. The maximum absolute atomic E-state index is 11.4. The van der Waals surface area contributed by atoms with E-state index in [0.29, 0.717) is 22.2 Å². The van der Waals surface area contributed by atoms with Gasteiger partial charge in [-0.05, 0) is 11.6 Å². The number of sulfonamides is 1. The lowest BCUT2D eigenvalue weighted by Crippen LogP contribution is -2.29. The van der Waals surface area contributed by atoms with Gasteiger partial charge in [0.2, 0.25) is 10.0 Å². The van der Waals surface area contributed by atoms with E-state index in [1.54, 1.807) is 25.1 Å². The molecule has 0 saturated heterocycles. The molecule has 0 heterocycles. The van der Waals surface area contributed by atoms with Crippen molar-refractivity contribution in [3.05, 3.63) is 33.8 Å². The molecular weight excluding hydrogens is 269 g/mol. The fraction of sp³-hybridized carbons (Fsp3) is 0.400. The Morgan fingerprint density at radius 1 is 1.31 bits per heavy atom. The number of hydrogen-bond donors (Lipinski definition) is 0. The standard InChI is InChI=1S/C10H13Cl2NO2S/c1-3-13(16(2,14)15)7-8-5-4-6-9(11)10(8)12/h4-6H,3,7H2,1-2H3. The molecule has 1 rings (SSSR count). The van der Waals surface area contributed by atoms with E-state index in [0.717, 1.165) is 0 Å². The van der Waals surface area contributed by atoms with Crippen molar-refractivity contribution >= 4 is 33.2 Å². The largest absolute Gasteiger partial charge is 0.212 e. The minimum atomic E-state index is -3.21. The zero-order valence-electron chi connectivity index (χ0n) is 9.07. The summed E-state index contributed by atoms with van der Waals surface area (Å²) in [5.74, 6) is 0. The Morgan fingerprint density at radius 2 is 1.94 bits per heavy atom. The summed E-state index contributed by atoms with van der Waals surface area (Å²) in [7, 11) is -3.21. The molecule has 0 aliphatic carbocycles. The molecule has 0 fully saturated rings. The molecule has 0 unspecified atom stereocenters. The van der Waals surface area contributed by atoms with Crippen LogP contribution in [0.3, 0.4) is 0 Å². The molecule has 16 heavy (non-hydrogen) atoms. The molecular formula is C10H13Cl2NO2S. The molecule has 0 aliphatic heterocycles. The highest BCUT2D eigenvalue weighted by Gasteiger charge is 2.16. The number of halogens is 2. The van der Waals surface area contributed by atoms with E-state index in [-0.39, 0.29) is 6.54 Å². The van der Waals surface area contributed by atoms with Gasteiger partial charge in [0, 0.05) is 13.1 Å². The molecule has 0 amide bonds. The molecule has 90 valence electrons. The van der Waals surface area contributed by atoms with Crippen molar-refractivity contribution in [2.75, 3.05) is 12.8 Å². The van der Waals surface area contributed by atoms with Gasteiger partial charge in [-0.1, -0.05) is 42.3 Å². The lowest BCUT2D eigenvalue weighted by molar-refractivity contribution is 0.428. The molecule has 0 radical (unpaired) electrons. The van der Waals surface area contributed by atoms with Crippen LogP contribution < -0.4 is 0 Å². The average Bonchev–Trinajstić information content (AvgIpc) is 2.18. The van der Waals surface area contributed by atoms with Crippen molar-refractivity contribution in [3.8, 4) is 0 Å². The Labute approximate surface area is 106 Å². The second kappa shape index (κ2) is 5.36. The Bertz CT molecular complexity index is 474. The molecule has 0 atom stereocenters. The van der Waals surface area contributed by atoms with Gasteiger partial charge in [-0.3, -0.25) is 0 Å². The summed E-state index contributed by atoms with van der Waals surface area (Å²) >= 11 is 11.8. The zero-order chi connectivity index (χ0) is 12.3. The van der Waals surface area contributed by atoms with Crippen molar-refractivity contribution in [2.24, 2.45) is 0 Å². The van der Waals surface area contributed by atoms with Gasteiger partial charge in [0.1, 0.15) is 0 Å². The third-order valence-corrected chi connectivity index (χ3v) is 4.38.